The van der Waals surface area contributed by atoms with E-state index in [1.807, 2.05) is 0 Å². The lowest BCUT2D eigenvalue weighted by Crippen LogP contribution is -2.17. The third-order valence-corrected chi connectivity index (χ3v) is 2.62. The summed E-state index contributed by atoms with van der Waals surface area (Å²) >= 11 is 0. The van der Waals surface area contributed by atoms with Crippen molar-refractivity contribution in [3.05, 3.63) is 17.3 Å². The van der Waals surface area contributed by atoms with Crippen molar-refractivity contribution in [1.82, 2.24) is 4.98 Å². The van der Waals surface area contributed by atoms with Crippen LogP contribution >= 0.6 is 0 Å². The van der Waals surface area contributed by atoms with E-state index in [9.17, 15) is 17.2 Å². The Kier molecular flexibility index (Phi) is 3.06. The van der Waals surface area contributed by atoms with E-state index in [0.29, 0.717) is 6.07 Å². The molecule has 0 amide bonds. The number of nitrogens with zero attached hydrogens (tertiary/aromatic N) is 2. The second-order valence-corrected chi connectivity index (χ2v) is 4.29. The number of nitriles is 1. The predicted molar refractivity (Wildman–Crippen MR) is 49.7 cm³/mol. The van der Waals surface area contributed by atoms with Gasteiger partial charge in [-0.2, -0.15) is 5.26 Å². The fourth-order valence-electron chi connectivity index (χ4n) is 0.998. The van der Waals surface area contributed by atoms with Crippen molar-refractivity contribution in [2.24, 2.45) is 5.14 Å². The Morgan fingerprint density at radius 3 is 2.44 bits per heavy atom. The van der Waals surface area contributed by atoms with Gasteiger partial charge in [0, 0.05) is 0 Å². The number of hydrogen-bond donors (Lipinski definition) is 2. The van der Waals surface area contributed by atoms with Crippen molar-refractivity contribution in [2.75, 3.05) is 5.73 Å². The molecule has 0 saturated carbocycles. The van der Waals surface area contributed by atoms with Gasteiger partial charge in [-0.05, 0) is 6.07 Å². The Morgan fingerprint density at radius 1 is 1.50 bits per heavy atom. The van der Waals surface area contributed by atoms with Crippen molar-refractivity contribution < 1.29 is 17.2 Å². The minimum Gasteiger partial charge on any atom is -0.383 e. The van der Waals surface area contributed by atoms with Gasteiger partial charge in [0.2, 0.25) is 10.0 Å². The fourth-order valence-corrected chi connectivity index (χ4v) is 1.71. The summed E-state index contributed by atoms with van der Waals surface area (Å²) in [6.45, 7) is 0. The zero-order chi connectivity index (χ0) is 12.5. The van der Waals surface area contributed by atoms with E-state index in [0.717, 1.165) is 0 Å². The molecule has 9 heteroatoms. The molecule has 0 saturated heterocycles. The molecule has 0 aliphatic heterocycles. The monoisotopic (exact) mass is 248 g/mol. The SMILES string of the molecule is N#Cc1cc(S(N)(=O)=O)c(C(F)F)nc1N. The number of anilines is 1. The highest BCUT2D eigenvalue weighted by molar-refractivity contribution is 7.89. The molecular formula is C7H6F2N4O2S. The normalized spacial score (nSPS) is 11.4. The lowest BCUT2D eigenvalue weighted by Gasteiger charge is -2.07. The third kappa shape index (κ3) is 2.23. The number of nitrogens with two attached hydrogens (primary N) is 2. The van der Waals surface area contributed by atoms with Gasteiger partial charge >= 0.3 is 0 Å². The standard InChI is InChI=1S/C7H6F2N4O2S/c8-6(9)5-4(16(12,14)15)1-3(2-10)7(11)13-5/h1,6H,(H2,11,13)(H2,12,14,15). The number of halogens is 2. The van der Waals surface area contributed by atoms with E-state index in [1.54, 1.807) is 0 Å². The molecule has 0 aliphatic rings. The van der Waals surface area contributed by atoms with Gasteiger partial charge in [0.25, 0.3) is 6.43 Å². The number of pyridine rings is 1. The molecular weight excluding hydrogens is 242 g/mol. The molecule has 0 spiro atoms. The third-order valence-electron chi connectivity index (χ3n) is 1.68. The Morgan fingerprint density at radius 2 is 2.06 bits per heavy atom. The Bertz CT molecular complexity index is 564. The molecule has 0 radical (unpaired) electrons. The van der Waals surface area contributed by atoms with Gasteiger partial charge in [-0.15, -0.1) is 0 Å². The van der Waals surface area contributed by atoms with Crippen LogP contribution < -0.4 is 10.9 Å². The van der Waals surface area contributed by atoms with Crippen LogP contribution in [0.5, 0.6) is 0 Å². The summed E-state index contributed by atoms with van der Waals surface area (Å²) in [5.74, 6) is -0.467. The molecule has 0 unspecified atom stereocenters. The van der Waals surface area contributed by atoms with E-state index >= 15 is 0 Å². The minimum atomic E-state index is -4.38. The second-order valence-electron chi connectivity index (χ2n) is 2.76. The van der Waals surface area contributed by atoms with Crippen molar-refractivity contribution in [3.8, 4) is 6.07 Å². The van der Waals surface area contributed by atoms with Crippen molar-refractivity contribution in [2.45, 2.75) is 11.3 Å². The van der Waals surface area contributed by atoms with E-state index < -0.39 is 32.9 Å². The first-order valence-electron chi connectivity index (χ1n) is 3.79. The molecule has 0 atom stereocenters. The van der Waals surface area contributed by atoms with Crippen LogP contribution in [0, 0.1) is 11.3 Å². The van der Waals surface area contributed by atoms with Crippen molar-refractivity contribution in [3.63, 3.8) is 0 Å². The van der Waals surface area contributed by atoms with Crippen LogP contribution in [0.15, 0.2) is 11.0 Å². The molecule has 1 aromatic heterocycles. The van der Waals surface area contributed by atoms with Gasteiger partial charge in [0.1, 0.15) is 22.5 Å². The molecule has 1 aromatic rings. The zero-order valence-electron chi connectivity index (χ0n) is 7.68. The van der Waals surface area contributed by atoms with Crippen LogP contribution in [0.25, 0.3) is 0 Å². The first-order chi connectivity index (χ1) is 7.27. The highest BCUT2D eigenvalue weighted by atomic mass is 32.2. The second kappa shape index (κ2) is 3.99. The number of hydrogen-bond acceptors (Lipinski definition) is 5. The van der Waals surface area contributed by atoms with Gasteiger partial charge in [0.15, 0.2) is 0 Å². The van der Waals surface area contributed by atoms with Crippen molar-refractivity contribution >= 4 is 15.8 Å². The first-order valence-corrected chi connectivity index (χ1v) is 5.33. The maximum atomic E-state index is 12.5. The molecule has 0 aliphatic carbocycles. The topological polar surface area (TPSA) is 123 Å². The van der Waals surface area contributed by atoms with Crippen LogP contribution in [-0.2, 0) is 10.0 Å². The Balaban J connectivity index is 3.64. The molecule has 0 aromatic carbocycles. The average Bonchev–Trinajstić information content (AvgIpc) is 2.15. The Hall–Kier alpha value is -1.79. The number of aromatic nitrogens is 1. The van der Waals surface area contributed by atoms with Gasteiger partial charge < -0.3 is 5.73 Å². The number of primary sulfonamides is 1. The molecule has 6 nitrogen and oxygen atoms in total. The number of rotatable bonds is 2. The van der Waals surface area contributed by atoms with Gasteiger partial charge in [-0.3, -0.25) is 0 Å². The van der Waals surface area contributed by atoms with Crippen molar-refractivity contribution in [1.29, 1.82) is 5.26 Å². The van der Waals surface area contributed by atoms with Crippen LogP contribution in [0.1, 0.15) is 17.7 Å². The fraction of sp³-hybridized carbons (Fsp3) is 0.143. The van der Waals surface area contributed by atoms with Crippen LogP contribution in [0.3, 0.4) is 0 Å². The molecule has 86 valence electrons. The van der Waals surface area contributed by atoms with E-state index in [4.69, 9.17) is 16.1 Å². The maximum Gasteiger partial charge on any atom is 0.281 e. The van der Waals surface area contributed by atoms with E-state index in [-0.39, 0.29) is 5.56 Å². The van der Waals surface area contributed by atoms with Gasteiger partial charge in [-0.1, -0.05) is 0 Å². The zero-order valence-corrected chi connectivity index (χ0v) is 8.50. The summed E-state index contributed by atoms with van der Waals surface area (Å²) in [7, 11) is -4.38. The summed E-state index contributed by atoms with van der Waals surface area (Å²) in [5, 5.41) is 13.3. The lowest BCUT2D eigenvalue weighted by atomic mass is 10.2. The number of nitrogen functional groups attached to an aromatic ring is 1. The lowest BCUT2D eigenvalue weighted by molar-refractivity contribution is 0.142. The first kappa shape index (κ1) is 12.3. The summed E-state index contributed by atoms with van der Waals surface area (Å²) < 4.78 is 46.9. The largest absolute Gasteiger partial charge is 0.383 e. The van der Waals surface area contributed by atoms with E-state index in [1.165, 1.54) is 6.07 Å². The minimum absolute atomic E-state index is 0.326. The molecule has 0 fully saturated rings. The Labute approximate surface area is 89.5 Å². The molecule has 0 bridgehead atoms. The van der Waals surface area contributed by atoms with Gasteiger partial charge in [-0.25, -0.2) is 27.3 Å². The number of alkyl halides is 2. The summed E-state index contributed by atoms with van der Waals surface area (Å²) in [6.07, 6.45) is -3.15. The maximum absolute atomic E-state index is 12.5. The van der Waals surface area contributed by atoms with Crippen LogP contribution in [0.2, 0.25) is 0 Å². The average molecular weight is 248 g/mol. The smallest absolute Gasteiger partial charge is 0.281 e. The van der Waals surface area contributed by atoms with Crippen LogP contribution in [0.4, 0.5) is 14.6 Å². The highest BCUT2D eigenvalue weighted by Crippen LogP contribution is 2.26. The molecule has 1 rings (SSSR count). The highest BCUT2D eigenvalue weighted by Gasteiger charge is 2.24. The van der Waals surface area contributed by atoms with E-state index in [2.05, 4.69) is 4.98 Å². The summed E-state index contributed by atoms with van der Waals surface area (Å²) in [5.41, 5.74) is 3.80. The predicted octanol–water partition coefficient (Wildman–Crippen LogP) is 0.120. The van der Waals surface area contributed by atoms with Crippen LogP contribution in [-0.4, -0.2) is 13.4 Å². The van der Waals surface area contributed by atoms with Gasteiger partial charge in [0.05, 0.1) is 5.56 Å². The molecule has 16 heavy (non-hydrogen) atoms. The summed E-state index contributed by atoms with van der Waals surface area (Å²) in [6, 6.07) is 2.20. The number of sulfonamides is 1. The quantitative estimate of drug-likeness (QED) is 0.769. The summed E-state index contributed by atoms with van der Waals surface area (Å²) in [4.78, 5) is 2.26. The molecule has 1 heterocycles. The molecule has 4 N–H and O–H groups in total.